The first-order valence-electron chi connectivity index (χ1n) is 5.46. The zero-order valence-electron chi connectivity index (χ0n) is 10.3. The van der Waals surface area contributed by atoms with E-state index in [2.05, 4.69) is 9.97 Å². The van der Waals surface area contributed by atoms with Crippen molar-refractivity contribution in [1.29, 1.82) is 0 Å². The van der Waals surface area contributed by atoms with E-state index in [0.717, 1.165) is 12.4 Å². The molecule has 0 aliphatic rings. The first-order chi connectivity index (χ1) is 9.49. The van der Waals surface area contributed by atoms with Crippen molar-refractivity contribution in [2.75, 3.05) is 0 Å². The third-order valence-corrected chi connectivity index (χ3v) is 2.44. The smallest absolute Gasteiger partial charge is 0.356 e. The molecule has 1 aromatic carbocycles. The van der Waals surface area contributed by atoms with Crippen LogP contribution < -0.4 is 4.74 Å². The number of carboxylic acids is 1. The Balaban J connectivity index is 2.34. The van der Waals surface area contributed by atoms with Crippen LogP contribution in [-0.4, -0.2) is 26.0 Å². The summed E-state index contributed by atoms with van der Waals surface area (Å²) in [5.41, 5.74) is 0.119. The molecule has 1 N–H and O–H groups in total. The Bertz CT molecular complexity index is 669. The van der Waals surface area contributed by atoms with Gasteiger partial charge in [-0.2, -0.15) is 0 Å². The van der Waals surface area contributed by atoms with Gasteiger partial charge < -0.3 is 9.84 Å². The molecule has 0 unspecified atom stereocenters. The van der Waals surface area contributed by atoms with Crippen LogP contribution in [0.25, 0.3) is 0 Å². The average Bonchev–Trinajstić information content (AvgIpc) is 2.41. The number of nitro groups is 1. The second kappa shape index (κ2) is 5.31. The van der Waals surface area contributed by atoms with Crippen molar-refractivity contribution in [3.8, 4) is 11.6 Å². The average molecular weight is 275 g/mol. The van der Waals surface area contributed by atoms with Crippen molar-refractivity contribution in [2.45, 2.75) is 6.92 Å². The standard InChI is InChI=1S/C12H9N3O5/c1-7-3-2-4-9(15(18)19)11(7)20-10-6-13-8(5-14-10)12(16)17/h2-6H,1H3,(H,16,17). The first kappa shape index (κ1) is 13.4. The third kappa shape index (κ3) is 2.69. The first-order valence-corrected chi connectivity index (χ1v) is 5.46. The molecular formula is C12H9N3O5. The number of aromatic carboxylic acids is 1. The molecule has 102 valence electrons. The maximum absolute atomic E-state index is 10.9. The number of benzene rings is 1. The highest BCUT2D eigenvalue weighted by Crippen LogP contribution is 2.33. The second-order valence-electron chi connectivity index (χ2n) is 3.83. The maximum Gasteiger partial charge on any atom is 0.356 e. The van der Waals surface area contributed by atoms with Crippen LogP contribution in [0.2, 0.25) is 0 Å². The largest absolute Gasteiger partial charge is 0.476 e. The topological polar surface area (TPSA) is 115 Å². The Morgan fingerprint density at radius 1 is 1.35 bits per heavy atom. The molecule has 2 rings (SSSR count). The normalized spacial score (nSPS) is 10.1. The number of para-hydroxylation sites is 1. The van der Waals surface area contributed by atoms with E-state index in [1.54, 1.807) is 19.1 Å². The molecule has 20 heavy (non-hydrogen) atoms. The minimum atomic E-state index is -1.22. The highest BCUT2D eigenvalue weighted by molar-refractivity contribution is 5.84. The predicted octanol–water partition coefficient (Wildman–Crippen LogP) is 2.18. The highest BCUT2D eigenvalue weighted by Gasteiger charge is 2.18. The summed E-state index contributed by atoms with van der Waals surface area (Å²) in [7, 11) is 0. The minimum Gasteiger partial charge on any atom is -0.476 e. The van der Waals surface area contributed by atoms with Gasteiger partial charge in [0.1, 0.15) is 0 Å². The summed E-state index contributed by atoms with van der Waals surface area (Å²) in [6.07, 6.45) is 2.11. The lowest BCUT2D eigenvalue weighted by atomic mass is 10.2. The van der Waals surface area contributed by atoms with Gasteiger partial charge in [0.05, 0.1) is 17.3 Å². The third-order valence-electron chi connectivity index (χ3n) is 2.44. The number of hydrogen-bond acceptors (Lipinski definition) is 6. The van der Waals surface area contributed by atoms with Gasteiger partial charge in [0.25, 0.3) is 0 Å². The molecule has 0 saturated carbocycles. The van der Waals surface area contributed by atoms with Gasteiger partial charge in [-0.15, -0.1) is 0 Å². The van der Waals surface area contributed by atoms with Gasteiger partial charge in [0.15, 0.2) is 5.69 Å². The van der Waals surface area contributed by atoms with E-state index >= 15 is 0 Å². The Hall–Kier alpha value is -3.03. The van der Waals surface area contributed by atoms with E-state index in [1.165, 1.54) is 6.07 Å². The summed E-state index contributed by atoms with van der Waals surface area (Å²) in [6.45, 7) is 1.65. The Labute approximate surface area is 112 Å². The van der Waals surface area contributed by atoms with Crippen molar-refractivity contribution in [2.24, 2.45) is 0 Å². The maximum atomic E-state index is 10.9. The van der Waals surface area contributed by atoms with Crippen LogP contribution in [-0.2, 0) is 0 Å². The van der Waals surface area contributed by atoms with Crippen LogP contribution in [0.1, 0.15) is 16.1 Å². The molecule has 0 amide bonds. The van der Waals surface area contributed by atoms with Gasteiger partial charge in [-0.25, -0.2) is 14.8 Å². The summed E-state index contributed by atoms with van der Waals surface area (Å²) in [4.78, 5) is 28.4. The molecule has 0 saturated heterocycles. The number of carbonyl (C=O) groups is 1. The molecule has 2 aromatic rings. The van der Waals surface area contributed by atoms with Crippen LogP contribution in [0.15, 0.2) is 30.6 Å². The number of ether oxygens (including phenoxy) is 1. The molecule has 8 nitrogen and oxygen atoms in total. The summed E-state index contributed by atoms with van der Waals surface area (Å²) in [5.74, 6) is -1.19. The van der Waals surface area contributed by atoms with E-state index in [4.69, 9.17) is 9.84 Å². The fraction of sp³-hybridized carbons (Fsp3) is 0.0833. The molecular weight excluding hydrogens is 266 g/mol. The van der Waals surface area contributed by atoms with Crippen molar-refractivity contribution in [3.05, 3.63) is 52.0 Å². The van der Waals surface area contributed by atoms with Crippen LogP contribution >= 0.6 is 0 Å². The minimum absolute atomic E-state index is 0.0209. The monoisotopic (exact) mass is 275 g/mol. The molecule has 0 radical (unpaired) electrons. The number of aryl methyl sites for hydroxylation is 1. The number of nitro benzene ring substituents is 1. The Morgan fingerprint density at radius 3 is 2.65 bits per heavy atom. The lowest BCUT2D eigenvalue weighted by molar-refractivity contribution is -0.385. The summed E-state index contributed by atoms with van der Waals surface area (Å²) < 4.78 is 5.33. The van der Waals surface area contributed by atoms with Crippen LogP contribution in [0.5, 0.6) is 11.6 Å². The van der Waals surface area contributed by atoms with Gasteiger partial charge >= 0.3 is 11.7 Å². The molecule has 1 heterocycles. The molecule has 0 atom stereocenters. The Kier molecular flexibility index (Phi) is 3.56. The quantitative estimate of drug-likeness (QED) is 0.671. The van der Waals surface area contributed by atoms with Crippen LogP contribution in [0, 0.1) is 17.0 Å². The van der Waals surface area contributed by atoms with E-state index in [1.807, 2.05) is 0 Å². The fourth-order valence-electron chi connectivity index (χ4n) is 1.50. The zero-order valence-corrected chi connectivity index (χ0v) is 10.3. The summed E-state index contributed by atoms with van der Waals surface area (Å²) in [5, 5.41) is 19.6. The summed E-state index contributed by atoms with van der Waals surface area (Å²) in [6, 6.07) is 4.50. The van der Waals surface area contributed by atoms with Gasteiger partial charge in [-0.05, 0) is 12.5 Å². The second-order valence-corrected chi connectivity index (χ2v) is 3.83. The zero-order chi connectivity index (χ0) is 14.7. The molecule has 0 aliphatic heterocycles. The number of carboxylic acid groups (broad SMARTS) is 1. The SMILES string of the molecule is Cc1cccc([N+](=O)[O-])c1Oc1cnc(C(=O)O)cn1. The lowest BCUT2D eigenvalue weighted by Crippen LogP contribution is -2.02. The van der Waals surface area contributed by atoms with Crippen molar-refractivity contribution in [1.82, 2.24) is 9.97 Å². The van der Waals surface area contributed by atoms with E-state index < -0.39 is 10.9 Å². The highest BCUT2D eigenvalue weighted by atomic mass is 16.6. The van der Waals surface area contributed by atoms with Gasteiger partial charge in [-0.3, -0.25) is 10.1 Å². The molecule has 1 aromatic heterocycles. The molecule has 0 bridgehead atoms. The van der Waals surface area contributed by atoms with E-state index in [9.17, 15) is 14.9 Å². The van der Waals surface area contributed by atoms with E-state index in [0.29, 0.717) is 5.56 Å². The molecule has 8 heteroatoms. The van der Waals surface area contributed by atoms with Crippen LogP contribution in [0.3, 0.4) is 0 Å². The van der Waals surface area contributed by atoms with Gasteiger partial charge in [0, 0.05) is 6.07 Å². The summed E-state index contributed by atoms with van der Waals surface area (Å²) >= 11 is 0. The van der Waals surface area contributed by atoms with Gasteiger partial charge in [-0.1, -0.05) is 12.1 Å². The number of aromatic nitrogens is 2. The Morgan fingerprint density at radius 2 is 2.10 bits per heavy atom. The fourth-order valence-corrected chi connectivity index (χ4v) is 1.50. The van der Waals surface area contributed by atoms with E-state index in [-0.39, 0.29) is 23.0 Å². The van der Waals surface area contributed by atoms with Crippen LogP contribution in [0.4, 0.5) is 5.69 Å². The van der Waals surface area contributed by atoms with Crippen molar-refractivity contribution >= 4 is 11.7 Å². The van der Waals surface area contributed by atoms with Crippen molar-refractivity contribution < 1.29 is 19.6 Å². The molecule has 0 fully saturated rings. The number of nitrogens with zero attached hydrogens (tertiary/aromatic N) is 3. The predicted molar refractivity (Wildman–Crippen MR) is 66.9 cm³/mol. The lowest BCUT2D eigenvalue weighted by Gasteiger charge is -2.07. The van der Waals surface area contributed by atoms with Crippen molar-refractivity contribution in [3.63, 3.8) is 0 Å². The number of rotatable bonds is 4. The van der Waals surface area contributed by atoms with Gasteiger partial charge in [0.2, 0.25) is 11.6 Å². The number of hydrogen-bond donors (Lipinski definition) is 1. The molecule has 0 spiro atoms. The molecule has 0 aliphatic carbocycles.